The van der Waals surface area contributed by atoms with Gasteiger partial charge in [0.1, 0.15) is 0 Å². The molecule has 2 heteroatoms. The van der Waals surface area contributed by atoms with Gasteiger partial charge in [-0.25, -0.2) is 0 Å². The summed E-state index contributed by atoms with van der Waals surface area (Å²) in [6.45, 7) is 6.81. The van der Waals surface area contributed by atoms with E-state index in [9.17, 15) is 4.79 Å². The molecule has 0 saturated carbocycles. The Morgan fingerprint density at radius 3 is 2.27 bits per heavy atom. The molecule has 1 unspecified atom stereocenters. The van der Waals surface area contributed by atoms with Crippen LogP contribution in [0.3, 0.4) is 0 Å². The maximum Gasteiger partial charge on any atom is 0.163 e. The molecule has 182 valence electrons. The Morgan fingerprint density at radius 1 is 0.848 bits per heavy atom. The van der Waals surface area contributed by atoms with E-state index in [1.54, 1.807) is 0 Å². The number of pyridine rings is 1. The van der Waals surface area contributed by atoms with Crippen LogP contribution in [0.5, 0.6) is 0 Å². The highest BCUT2D eigenvalue weighted by Gasteiger charge is 2.13. The Bertz CT molecular complexity index is 797. The van der Waals surface area contributed by atoms with Crippen LogP contribution in [-0.4, -0.2) is 10.8 Å². The van der Waals surface area contributed by atoms with Crippen LogP contribution in [0.15, 0.2) is 42.6 Å². The molecule has 1 atom stereocenters. The van der Waals surface area contributed by atoms with E-state index in [2.05, 4.69) is 44.0 Å². The van der Waals surface area contributed by atoms with Crippen molar-refractivity contribution in [3.8, 4) is 11.3 Å². The van der Waals surface area contributed by atoms with Crippen molar-refractivity contribution in [2.24, 2.45) is 5.92 Å². The average Bonchev–Trinajstić information content (AvgIpc) is 2.85. The van der Waals surface area contributed by atoms with E-state index in [4.69, 9.17) is 0 Å². The number of nitrogens with zero attached hydrogens (tertiary/aromatic N) is 1. The summed E-state index contributed by atoms with van der Waals surface area (Å²) in [7, 11) is 0. The summed E-state index contributed by atoms with van der Waals surface area (Å²) < 4.78 is 0. The summed E-state index contributed by atoms with van der Waals surface area (Å²) in [5.41, 5.74) is 4.08. The number of benzene rings is 1. The van der Waals surface area contributed by atoms with Crippen molar-refractivity contribution >= 4 is 5.78 Å². The van der Waals surface area contributed by atoms with Gasteiger partial charge in [-0.2, -0.15) is 0 Å². The third-order valence-corrected chi connectivity index (χ3v) is 6.94. The molecular weight excluding hydrogens is 402 g/mol. The molecule has 0 aliphatic carbocycles. The minimum absolute atomic E-state index is 0.251. The van der Waals surface area contributed by atoms with E-state index in [1.807, 2.05) is 24.4 Å². The summed E-state index contributed by atoms with van der Waals surface area (Å²) >= 11 is 0. The molecule has 0 N–H and O–H groups in total. The molecule has 1 aromatic heterocycles. The molecule has 0 bridgehead atoms. The van der Waals surface area contributed by atoms with Crippen LogP contribution in [0.25, 0.3) is 11.3 Å². The van der Waals surface area contributed by atoms with E-state index < -0.39 is 0 Å². The number of Topliss-reactive ketones (excluding diaryl/α,β-unsaturated/α-hetero) is 1. The first kappa shape index (κ1) is 27.3. The van der Waals surface area contributed by atoms with Crippen LogP contribution in [0.4, 0.5) is 0 Å². The zero-order chi connectivity index (χ0) is 23.7. The van der Waals surface area contributed by atoms with Crippen molar-refractivity contribution in [3.63, 3.8) is 0 Å². The highest BCUT2D eigenvalue weighted by atomic mass is 16.1. The summed E-state index contributed by atoms with van der Waals surface area (Å²) in [5, 5.41) is 0. The fraction of sp³-hybridized carbons (Fsp3) is 0.613. The molecule has 1 heterocycles. The Morgan fingerprint density at radius 2 is 1.55 bits per heavy atom. The van der Waals surface area contributed by atoms with Gasteiger partial charge in [0.25, 0.3) is 0 Å². The van der Waals surface area contributed by atoms with Crippen LogP contribution < -0.4 is 0 Å². The van der Waals surface area contributed by atoms with Gasteiger partial charge in [0.05, 0.1) is 5.69 Å². The molecule has 0 saturated heterocycles. The van der Waals surface area contributed by atoms with Crippen LogP contribution >= 0.6 is 0 Å². The number of hydrogen-bond acceptors (Lipinski definition) is 2. The molecular formula is C31H47NO. The lowest BCUT2D eigenvalue weighted by molar-refractivity contribution is 0.0979. The summed E-state index contributed by atoms with van der Waals surface area (Å²) in [6, 6.07) is 12.3. The fourth-order valence-corrected chi connectivity index (χ4v) is 4.48. The van der Waals surface area contributed by atoms with Gasteiger partial charge >= 0.3 is 0 Å². The number of rotatable bonds is 18. The first-order valence-electron chi connectivity index (χ1n) is 13.7. The van der Waals surface area contributed by atoms with Gasteiger partial charge in [-0.1, -0.05) is 116 Å². The molecule has 0 amide bonds. The molecule has 2 rings (SSSR count). The third kappa shape index (κ3) is 10.7. The van der Waals surface area contributed by atoms with Gasteiger partial charge in [0.15, 0.2) is 5.78 Å². The van der Waals surface area contributed by atoms with Crippen LogP contribution in [0, 0.1) is 5.92 Å². The lowest BCUT2D eigenvalue weighted by Gasteiger charge is -2.11. The largest absolute Gasteiger partial charge is 0.294 e. The molecule has 1 aromatic carbocycles. The van der Waals surface area contributed by atoms with E-state index >= 15 is 0 Å². The minimum atomic E-state index is 0.251. The Hall–Kier alpha value is -1.96. The van der Waals surface area contributed by atoms with E-state index in [0.29, 0.717) is 6.42 Å². The third-order valence-electron chi connectivity index (χ3n) is 6.94. The number of ketones is 1. The summed E-state index contributed by atoms with van der Waals surface area (Å²) in [5.74, 6) is 1.01. The lowest BCUT2D eigenvalue weighted by atomic mass is 9.95. The number of aromatic nitrogens is 1. The molecule has 0 fully saturated rings. The molecule has 2 nitrogen and oxygen atoms in total. The lowest BCUT2D eigenvalue weighted by Crippen LogP contribution is -2.03. The van der Waals surface area contributed by atoms with Gasteiger partial charge in [-0.05, 0) is 42.9 Å². The van der Waals surface area contributed by atoms with E-state index in [-0.39, 0.29) is 5.78 Å². The minimum Gasteiger partial charge on any atom is -0.294 e. The maximum absolute atomic E-state index is 13.0. The van der Waals surface area contributed by atoms with Crippen molar-refractivity contribution in [1.82, 2.24) is 4.98 Å². The highest BCUT2D eigenvalue weighted by Crippen LogP contribution is 2.25. The Kier molecular flexibility index (Phi) is 13.7. The number of unbranched alkanes of at least 4 members (excludes halogenated alkanes) is 9. The highest BCUT2D eigenvalue weighted by molar-refractivity contribution is 6.01. The van der Waals surface area contributed by atoms with Crippen LogP contribution in [0.2, 0.25) is 0 Å². The topological polar surface area (TPSA) is 30.0 Å². The van der Waals surface area contributed by atoms with Crippen molar-refractivity contribution in [2.75, 3.05) is 0 Å². The molecule has 33 heavy (non-hydrogen) atoms. The Labute approximate surface area is 203 Å². The van der Waals surface area contributed by atoms with E-state index in [0.717, 1.165) is 42.0 Å². The van der Waals surface area contributed by atoms with Crippen LogP contribution in [-0.2, 0) is 6.42 Å². The SMILES string of the molecule is CCCCCCCCCCCc1ccnc(-c2ccccc2C(=O)CCCCC(C)CC)c1. The second-order valence-corrected chi connectivity index (χ2v) is 9.86. The zero-order valence-electron chi connectivity index (χ0n) is 21.6. The monoisotopic (exact) mass is 449 g/mol. The van der Waals surface area contributed by atoms with Gasteiger partial charge in [-0.15, -0.1) is 0 Å². The quantitative estimate of drug-likeness (QED) is 0.167. The van der Waals surface area contributed by atoms with Gasteiger partial charge < -0.3 is 0 Å². The molecule has 0 spiro atoms. The predicted octanol–water partition coefficient (Wildman–Crippen LogP) is 9.61. The second-order valence-electron chi connectivity index (χ2n) is 9.86. The van der Waals surface area contributed by atoms with Gasteiger partial charge in [0.2, 0.25) is 0 Å². The number of carbonyl (C=O) groups excluding carboxylic acids is 1. The standard InChI is InChI=1S/C31H47NO/c1-4-6-7-8-9-10-11-12-13-19-27-23-24-32-30(25-27)28-20-15-16-21-29(28)31(33)22-17-14-18-26(3)5-2/h15-16,20-21,23-26H,4-14,17-19,22H2,1-3H3. The van der Waals surface area contributed by atoms with Crippen molar-refractivity contribution < 1.29 is 4.79 Å². The first-order valence-corrected chi connectivity index (χ1v) is 13.7. The number of carbonyl (C=O) groups is 1. The van der Waals surface area contributed by atoms with Crippen molar-refractivity contribution in [3.05, 3.63) is 53.7 Å². The maximum atomic E-state index is 13.0. The number of hydrogen-bond donors (Lipinski definition) is 0. The second kappa shape index (κ2) is 16.6. The van der Waals surface area contributed by atoms with Crippen molar-refractivity contribution in [1.29, 1.82) is 0 Å². The van der Waals surface area contributed by atoms with E-state index in [1.165, 1.54) is 76.2 Å². The number of aryl methyl sites for hydroxylation is 1. The summed E-state index contributed by atoms with van der Waals surface area (Å²) in [6.07, 6.45) is 20.3. The van der Waals surface area contributed by atoms with Gasteiger partial charge in [-0.3, -0.25) is 9.78 Å². The first-order chi connectivity index (χ1) is 16.2. The molecule has 0 aliphatic rings. The smallest absolute Gasteiger partial charge is 0.163 e. The molecule has 2 aromatic rings. The normalized spacial score (nSPS) is 12.1. The molecule has 0 aliphatic heterocycles. The fourth-order valence-electron chi connectivity index (χ4n) is 4.48. The zero-order valence-corrected chi connectivity index (χ0v) is 21.6. The average molecular weight is 450 g/mol. The summed E-state index contributed by atoms with van der Waals surface area (Å²) in [4.78, 5) is 17.6. The van der Waals surface area contributed by atoms with Crippen molar-refractivity contribution in [2.45, 2.75) is 117 Å². The molecule has 0 radical (unpaired) electrons. The predicted molar refractivity (Wildman–Crippen MR) is 143 cm³/mol. The van der Waals surface area contributed by atoms with Gasteiger partial charge in [0, 0.05) is 23.7 Å². The van der Waals surface area contributed by atoms with Crippen LogP contribution in [0.1, 0.15) is 127 Å². The Balaban J connectivity index is 1.84.